The Bertz CT molecular complexity index is 522. The summed E-state index contributed by atoms with van der Waals surface area (Å²) >= 11 is 0. The van der Waals surface area contributed by atoms with Gasteiger partial charge in [-0.05, 0) is 19.9 Å². The molecule has 3 heteroatoms. The van der Waals surface area contributed by atoms with E-state index >= 15 is 0 Å². The Morgan fingerprint density at radius 1 is 1.00 bits per heavy atom. The van der Waals surface area contributed by atoms with Crippen LogP contribution in [-0.4, -0.2) is 32.7 Å². The Morgan fingerprint density at radius 2 is 1.59 bits per heavy atom. The van der Waals surface area contributed by atoms with Crippen LogP contribution in [0.4, 0.5) is 5.69 Å². The van der Waals surface area contributed by atoms with Gasteiger partial charge in [0.25, 0.3) is 0 Å². The lowest BCUT2D eigenvalue weighted by Gasteiger charge is -2.25. The molecule has 3 nitrogen and oxygen atoms in total. The number of carbonyl (C=O) groups excluding carboxylic acids is 2. The van der Waals surface area contributed by atoms with E-state index in [1.54, 1.807) is 19.9 Å². The quantitative estimate of drug-likeness (QED) is 0.550. The molecule has 0 fully saturated rings. The van der Waals surface area contributed by atoms with Crippen LogP contribution < -0.4 is 4.48 Å². The summed E-state index contributed by atoms with van der Waals surface area (Å²) in [5.74, 6) is -0.117. The smallest absolute Gasteiger partial charge is 0.182 e. The van der Waals surface area contributed by atoms with Crippen LogP contribution in [0.3, 0.4) is 0 Å². The van der Waals surface area contributed by atoms with E-state index in [1.807, 2.05) is 33.3 Å². The van der Waals surface area contributed by atoms with E-state index in [9.17, 15) is 9.59 Å². The van der Waals surface area contributed by atoms with Crippen molar-refractivity contribution in [3.05, 3.63) is 29.3 Å². The molecular weight excluding hydrogens is 214 g/mol. The fourth-order valence-corrected chi connectivity index (χ4v) is 2.28. The third-order valence-electron chi connectivity index (χ3n) is 3.37. The van der Waals surface area contributed by atoms with Crippen LogP contribution in [0.1, 0.15) is 34.6 Å². The van der Waals surface area contributed by atoms with Crippen molar-refractivity contribution < 1.29 is 9.59 Å². The topological polar surface area (TPSA) is 34.1 Å². The Hall–Kier alpha value is -1.48. The molecule has 0 radical (unpaired) electrons. The molecule has 1 aliphatic carbocycles. The van der Waals surface area contributed by atoms with Gasteiger partial charge < -0.3 is 0 Å². The minimum absolute atomic E-state index is 0.0545. The monoisotopic (exact) mass is 232 g/mol. The molecule has 0 amide bonds. The highest BCUT2D eigenvalue weighted by Crippen LogP contribution is 2.41. The average Bonchev–Trinajstić information content (AvgIpc) is 2.39. The first-order valence-corrected chi connectivity index (χ1v) is 5.72. The van der Waals surface area contributed by atoms with E-state index in [0.29, 0.717) is 15.6 Å². The summed E-state index contributed by atoms with van der Waals surface area (Å²) in [6.45, 7) is 3.41. The van der Waals surface area contributed by atoms with Crippen molar-refractivity contribution in [2.24, 2.45) is 5.41 Å². The lowest BCUT2D eigenvalue weighted by molar-refractivity contribution is 0.0746. The Kier molecular flexibility index (Phi) is 2.30. The van der Waals surface area contributed by atoms with Gasteiger partial charge >= 0.3 is 0 Å². The number of rotatable bonds is 1. The lowest BCUT2D eigenvalue weighted by atomic mass is 9.88. The second-order valence-electron chi connectivity index (χ2n) is 6.00. The van der Waals surface area contributed by atoms with Gasteiger partial charge in [0.2, 0.25) is 0 Å². The molecule has 0 spiro atoms. The highest BCUT2D eigenvalue weighted by molar-refractivity contribution is 6.30. The molecule has 1 aromatic rings. The fraction of sp³-hybridized carbons (Fsp3) is 0.429. The maximum atomic E-state index is 12.4. The van der Waals surface area contributed by atoms with E-state index in [0.717, 1.165) is 5.69 Å². The zero-order valence-corrected chi connectivity index (χ0v) is 11.0. The molecule has 2 rings (SSSR count). The summed E-state index contributed by atoms with van der Waals surface area (Å²) in [7, 11) is 6.00. The molecule has 0 aromatic heterocycles. The summed E-state index contributed by atoms with van der Waals surface area (Å²) in [4.78, 5) is 24.5. The van der Waals surface area contributed by atoms with Crippen molar-refractivity contribution in [1.82, 2.24) is 4.48 Å². The predicted octanol–water partition coefficient (Wildman–Crippen LogP) is 2.29. The Morgan fingerprint density at radius 3 is 2.12 bits per heavy atom. The number of Topliss-reactive ketones (excluding diaryl/α,β-unsaturated/α-hetero) is 2. The molecule has 0 saturated carbocycles. The van der Waals surface area contributed by atoms with Crippen molar-refractivity contribution >= 4 is 17.3 Å². The molecule has 0 bridgehead atoms. The van der Waals surface area contributed by atoms with Crippen molar-refractivity contribution in [2.75, 3.05) is 21.1 Å². The zero-order chi connectivity index (χ0) is 13.0. The summed E-state index contributed by atoms with van der Waals surface area (Å²) in [6, 6.07) is 5.53. The van der Waals surface area contributed by atoms with Gasteiger partial charge in [-0.3, -0.25) is 14.1 Å². The summed E-state index contributed by atoms with van der Waals surface area (Å²) < 4.78 is 0.540. The van der Waals surface area contributed by atoms with Gasteiger partial charge in [0.1, 0.15) is 5.69 Å². The molecule has 17 heavy (non-hydrogen) atoms. The number of quaternary nitrogens is 1. The molecule has 0 atom stereocenters. The predicted molar refractivity (Wildman–Crippen MR) is 68.5 cm³/mol. The van der Waals surface area contributed by atoms with Crippen LogP contribution in [0, 0.1) is 5.41 Å². The number of fused-ring (bicyclic) bond motifs is 1. The third-order valence-corrected chi connectivity index (χ3v) is 3.37. The maximum Gasteiger partial charge on any atom is 0.182 e. The largest absolute Gasteiger partial charge is 0.298 e. The molecule has 1 aliphatic rings. The standard InChI is InChI=1S/C14H18NO2/c1-14(2)12(16)9-7-6-8-10(15(3,4)5)11(9)13(14)17/h6-8H,1-5H3/q+1. The van der Waals surface area contributed by atoms with Gasteiger partial charge in [0.05, 0.1) is 32.1 Å². The number of benzene rings is 1. The van der Waals surface area contributed by atoms with Crippen LogP contribution in [0.25, 0.3) is 0 Å². The van der Waals surface area contributed by atoms with Gasteiger partial charge in [-0.25, -0.2) is 0 Å². The third kappa shape index (κ3) is 1.53. The summed E-state index contributed by atoms with van der Waals surface area (Å²) in [6.07, 6.45) is 0. The second-order valence-corrected chi connectivity index (χ2v) is 6.00. The van der Waals surface area contributed by atoms with Crippen LogP contribution in [0.15, 0.2) is 18.2 Å². The molecule has 1 aromatic carbocycles. The number of hydrogen-bond donors (Lipinski definition) is 0. The molecule has 0 saturated heterocycles. The fourth-order valence-electron chi connectivity index (χ4n) is 2.28. The van der Waals surface area contributed by atoms with E-state index in [-0.39, 0.29) is 11.6 Å². The first-order chi connectivity index (χ1) is 7.67. The van der Waals surface area contributed by atoms with E-state index < -0.39 is 5.41 Å². The molecular formula is C14H18NO2+. The van der Waals surface area contributed by atoms with Gasteiger partial charge in [-0.15, -0.1) is 0 Å². The molecule has 0 unspecified atom stereocenters. The Balaban J connectivity index is 2.77. The molecule has 0 N–H and O–H groups in total. The highest BCUT2D eigenvalue weighted by Gasteiger charge is 2.48. The van der Waals surface area contributed by atoms with Crippen molar-refractivity contribution in [3.8, 4) is 0 Å². The SMILES string of the molecule is CC1(C)C(=O)c2cccc([N+](C)(C)C)c2C1=O. The number of hydrogen-bond acceptors (Lipinski definition) is 2. The first-order valence-electron chi connectivity index (χ1n) is 5.72. The molecule has 90 valence electrons. The van der Waals surface area contributed by atoms with Crippen molar-refractivity contribution in [1.29, 1.82) is 0 Å². The van der Waals surface area contributed by atoms with Crippen LogP contribution >= 0.6 is 0 Å². The van der Waals surface area contributed by atoms with Crippen molar-refractivity contribution in [2.45, 2.75) is 13.8 Å². The second kappa shape index (κ2) is 3.26. The van der Waals surface area contributed by atoms with E-state index in [1.165, 1.54) is 0 Å². The van der Waals surface area contributed by atoms with Crippen LogP contribution in [0.2, 0.25) is 0 Å². The lowest BCUT2D eigenvalue weighted by Crippen LogP contribution is -2.36. The van der Waals surface area contributed by atoms with Crippen LogP contribution in [0.5, 0.6) is 0 Å². The molecule has 0 heterocycles. The Labute approximate surface area is 102 Å². The average molecular weight is 232 g/mol. The van der Waals surface area contributed by atoms with E-state index in [4.69, 9.17) is 0 Å². The number of nitrogens with zero attached hydrogens (tertiary/aromatic N) is 1. The van der Waals surface area contributed by atoms with Crippen molar-refractivity contribution in [3.63, 3.8) is 0 Å². The van der Waals surface area contributed by atoms with Gasteiger partial charge in [0.15, 0.2) is 11.6 Å². The van der Waals surface area contributed by atoms with Crippen LogP contribution in [-0.2, 0) is 0 Å². The number of carbonyl (C=O) groups is 2. The van der Waals surface area contributed by atoms with E-state index in [2.05, 4.69) is 0 Å². The highest BCUT2D eigenvalue weighted by atomic mass is 16.2. The number of ketones is 2. The van der Waals surface area contributed by atoms with Gasteiger partial charge in [-0.2, -0.15) is 0 Å². The molecule has 0 aliphatic heterocycles. The summed E-state index contributed by atoms with van der Waals surface area (Å²) in [5, 5.41) is 0. The zero-order valence-electron chi connectivity index (χ0n) is 11.0. The minimum Gasteiger partial charge on any atom is -0.298 e. The van der Waals surface area contributed by atoms with Gasteiger partial charge in [0, 0.05) is 5.56 Å². The minimum atomic E-state index is -0.909. The first kappa shape index (κ1) is 12.0. The van der Waals surface area contributed by atoms with Gasteiger partial charge in [-0.1, -0.05) is 12.1 Å². The maximum absolute atomic E-state index is 12.4. The summed E-state index contributed by atoms with van der Waals surface area (Å²) in [5.41, 5.74) is 1.18. The normalized spacial score (nSPS) is 18.4.